The van der Waals surface area contributed by atoms with E-state index in [9.17, 15) is 23.2 Å². The highest BCUT2D eigenvalue weighted by Crippen LogP contribution is 2.19. The van der Waals surface area contributed by atoms with Gasteiger partial charge in [-0.05, 0) is 30.3 Å². The summed E-state index contributed by atoms with van der Waals surface area (Å²) in [5.74, 6) is -3.44. The van der Waals surface area contributed by atoms with E-state index in [4.69, 9.17) is 0 Å². The first kappa shape index (κ1) is 19.0. The Balaban J connectivity index is 2.19. The number of anilines is 2. The van der Waals surface area contributed by atoms with Gasteiger partial charge in [0, 0.05) is 18.7 Å². The second kappa shape index (κ2) is 8.19. The van der Waals surface area contributed by atoms with Crippen LogP contribution in [0.5, 0.6) is 0 Å². The van der Waals surface area contributed by atoms with Crippen molar-refractivity contribution in [2.75, 3.05) is 23.9 Å². The Morgan fingerprint density at radius 2 is 1.85 bits per heavy atom. The standard InChI is InChI=1S/C18H16F2N2O4/c1-11(23)22(14-5-3-4-12(8-14)18(25)26-2)10-17(24)21-16-7-6-13(19)9-15(16)20/h3-9H,10H2,1-2H3,(H,21,24). The Morgan fingerprint density at radius 1 is 1.12 bits per heavy atom. The number of hydrogen-bond acceptors (Lipinski definition) is 4. The fourth-order valence-electron chi connectivity index (χ4n) is 2.23. The highest BCUT2D eigenvalue weighted by molar-refractivity contribution is 6.02. The quantitative estimate of drug-likeness (QED) is 0.830. The van der Waals surface area contributed by atoms with Crippen molar-refractivity contribution in [1.82, 2.24) is 0 Å². The Bertz CT molecular complexity index is 855. The number of carbonyl (C=O) groups is 3. The average molecular weight is 362 g/mol. The molecule has 136 valence electrons. The number of ether oxygens (including phenoxy) is 1. The fraction of sp³-hybridized carbons (Fsp3) is 0.167. The number of esters is 1. The maximum absolute atomic E-state index is 13.6. The third-order valence-electron chi connectivity index (χ3n) is 3.47. The van der Waals surface area contributed by atoms with Crippen molar-refractivity contribution in [1.29, 1.82) is 0 Å². The Kier molecular flexibility index (Phi) is 6.00. The van der Waals surface area contributed by atoms with Crippen molar-refractivity contribution < 1.29 is 27.9 Å². The molecule has 0 saturated carbocycles. The predicted octanol–water partition coefficient (Wildman–Crippen LogP) is 2.74. The van der Waals surface area contributed by atoms with Crippen molar-refractivity contribution in [3.63, 3.8) is 0 Å². The molecule has 26 heavy (non-hydrogen) atoms. The van der Waals surface area contributed by atoms with Crippen LogP contribution in [0.15, 0.2) is 42.5 Å². The van der Waals surface area contributed by atoms with Crippen molar-refractivity contribution in [2.24, 2.45) is 0 Å². The maximum Gasteiger partial charge on any atom is 0.337 e. The molecule has 0 heterocycles. The molecule has 0 atom stereocenters. The molecule has 6 nitrogen and oxygen atoms in total. The first-order valence-electron chi connectivity index (χ1n) is 7.53. The molecule has 0 aromatic heterocycles. The molecular weight excluding hydrogens is 346 g/mol. The lowest BCUT2D eigenvalue weighted by Crippen LogP contribution is -2.36. The highest BCUT2D eigenvalue weighted by atomic mass is 19.1. The molecular formula is C18H16F2N2O4. The van der Waals surface area contributed by atoms with E-state index < -0.39 is 36.0 Å². The Morgan fingerprint density at radius 3 is 2.46 bits per heavy atom. The minimum absolute atomic E-state index is 0.205. The molecule has 0 fully saturated rings. The van der Waals surface area contributed by atoms with Gasteiger partial charge in [-0.2, -0.15) is 0 Å². The van der Waals surface area contributed by atoms with Crippen LogP contribution in [0.2, 0.25) is 0 Å². The average Bonchev–Trinajstić information content (AvgIpc) is 2.61. The Labute approximate surface area is 148 Å². The van der Waals surface area contributed by atoms with Crippen LogP contribution in [0.4, 0.5) is 20.2 Å². The lowest BCUT2D eigenvalue weighted by Gasteiger charge is -2.21. The van der Waals surface area contributed by atoms with Gasteiger partial charge in [0.15, 0.2) is 0 Å². The summed E-state index contributed by atoms with van der Waals surface area (Å²) in [6.45, 7) is 0.827. The number of rotatable bonds is 5. The second-order valence-corrected chi connectivity index (χ2v) is 5.32. The molecule has 0 spiro atoms. The van der Waals surface area contributed by atoms with Gasteiger partial charge in [0.05, 0.1) is 18.4 Å². The normalized spacial score (nSPS) is 10.2. The zero-order valence-corrected chi connectivity index (χ0v) is 14.1. The topological polar surface area (TPSA) is 75.7 Å². The van der Waals surface area contributed by atoms with Gasteiger partial charge < -0.3 is 15.0 Å². The van der Waals surface area contributed by atoms with Crippen LogP contribution >= 0.6 is 0 Å². The van der Waals surface area contributed by atoms with Crippen LogP contribution in [0.1, 0.15) is 17.3 Å². The molecule has 1 N–H and O–H groups in total. The van der Waals surface area contributed by atoms with E-state index in [0.717, 1.165) is 17.0 Å². The lowest BCUT2D eigenvalue weighted by atomic mass is 10.2. The summed E-state index contributed by atoms with van der Waals surface area (Å²) in [6, 6.07) is 8.70. The van der Waals surface area contributed by atoms with Crippen LogP contribution in [-0.4, -0.2) is 31.4 Å². The van der Waals surface area contributed by atoms with E-state index in [2.05, 4.69) is 10.1 Å². The molecule has 2 aromatic rings. The minimum atomic E-state index is -0.930. The summed E-state index contributed by atoms with van der Waals surface area (Å²) in [7, 11) is 1.22. The van der Waals surface area contributed by atoms with Crippen LogP contribution in [-0.2, 0) is 14.3 Å². The molecule has 0 saturated heterocycles. The fourth-order valence-corrected chi connectivity index (χ4v) is 2.23. The van der Waals surface area contributed by atoms with Crippen LogP contribution in [0, 0.1) is 11.6 Å². The van der Waals surface area contributed by atoms with Gasteiger partial charge in [0.25, 0.3) is 0 Å². The monoisotopic (exact) mass is 362 g/mol. The SMILES string of the molecule is COC(=O)c1cccc(N(CC(=O)Nc2ccc(F)cc2F)C(C)=O)c1. The first-order valence-corrected chi connectivity index (χ1v) is 7.53. The second-order valence-electron chi connectivity index (χ2n) is 5.32. The first-order chi connectivity index (χ1) is 12.3. The van der Waals surface area contributed by atoms with Gasteiger partial charge in [-0.25, -0.2) is 13.6 Å². The number of nitrogens with zero attached hydrogens (tertiary/aromatic N) is 1. The van der Waals surface area contributed by atoms with E-state index in [1.165, 1.54) is 32.2 Å². The largest absolute Gasteiger partial charge is 0.465 e. The maximum atomic E-state index is 13.6. The summed E-state index contributed by atoms with van der Waals surface area (Å²) in [5.41, 5.74) is 0.305. The minimum Gasteiger partial charge on any atom is -0.465 e. The number of benzene rings is 2. The van der Waals surface area contributed by atoms with Crippen molar-refractivity contribution in [2.45, 2.75) is 6.92 Å². The molecule has 0 aliphatic carbocycles. The van der Waals surface area contributed by atoms with Gasteiger partial charge >= 0.3 is 5.97 Å². The van der Waals surface area contributed by atoms with Crippen LogP contribution < -0.4 is 10.2 Å². The third kappa shape index (κ3) is 4.62. The zero-order valence-electron chi connectivity index (χ0n) is 14.1. The molecule has 8 heteroatoms. The number of amides is 2. The van der Waals surface area contributed by atoms with Crippen molar-refractivity contribution in [3.8, 4) is 0 Å². The number of carbonyl (C=O) groups excluding carboxylic acids is 3. The van der Waals surface area contributed by atoms with E-state index in [1.807, 2.05) is 0 Å². The van der Waals surface area contributed by atoms with Crippen molar-refractivity contribution >= 4 is 29.2 Å². The third-order valence-corrected chi connectivity index (χ3v) is 3.47. The number of nitrogens with one attached hydrogen (secondary N) is 1. The van der Waals surface area contributed by atoms with Gasteiger partial charge in [0.2, 0.25) is 11.8 Å². The Hall–Kier alpha value is -3.29. The lowest BCUT2D eigenvalue weighted by molar-refractivity contribution is -0.120. The van der Waals surface area contributed by atoms with Gasteiger partial charge in [-0.15, -0.1) is 0 Å². The van der Waals surface area contributed by atoms with E-state index in [0.29, 0.717) is 11.8 Å². The molecule has 0 unspecified atom stereocenters. The van der Waals surface area contributed by atoms with E-state index in [-0.39, 0.29) is 11.3 Å². The molecule has 0 aliphatic heterocycles. The molecule has 2 aromatic carbocycles. The molecule has 0 aliphatic rings. The summed E-state index contributed by atoms with van der Waals surface area (Å²) < 4.78 is 31.2. The van der Waals surface area contributed by atoms with Crippen LogP contribution in [0.25, 0.3) is 0 Å². The number of halogens is 2. The smallest absolute Gasteiger partial charge is 0.337 e. The van der Waals surface area contributed by atoms with Gasteiger partial charge in [0.1, 0.15) is 18.2 Å². The summed E-state index contributed by atoms with van der Waals surface area (Å²) in [6.07, 6.45) is 0. The summed E-state index contributed by atoms with van der Waals surface area (Å²) in [4.78, 5) is 36.8. The highest BCUT2D eigenvalue weighted by Gasteiger charge is 2.18. The summed E-state index contributed by atoms with van der Waals surface area (Å²) in [5, 5.41) is 2.27. The van der Waals surface area contributed by atoms with Crippen LogP contribution in [0.3, 0.4) is 0 Å². The van der Waals surface area contributed by atoms with Crippen molar-refractivity contribution in [3.05, 3.63) is 59.7 Å². The number of methoxy groups -OCH3 is 1. The zero-order chi connectivity index (χ0) is 19.3. The summed E-state index contributed by atoms with van der Waals surface area (Å²) >= 11 is 0. The molecule has 0 bridgehead atoms. The molecule has 2 amide bonds. The molecule has 2 rings (SSSR count). The number of hydrogen-bond donors (Lipinski definition) is 1. The van der Waals surface area contributed by atoms with Gasteiger partial charge in [-0.3, -0.25) is 9.59 Å². The predicted molar refractivity (Wildman–Crippen MR) is 90.8 cm³/mol. The van der Waals surface area contributed by atoms with E-state index in [1.54, 1.807) is 6.07 Å². The van der Waals surface area contributed by atoms with E-state index >= 15 is 0 Å². The molecule has 0 radical (unpaired) electrons. The van der Waals surface area contributed by atoms with Gasteiger partial charge in [-0.1, -0.05) is 6.07 Å².